The maximum atomic E-state index is 12.6. The molecule has 4 bridgehead atoms. The summed E-state index contributed by atoms with van der Waals surface area (Å²) in [6, 6.07) is 0. The van der Waals surface area contributed by atoms with E-state index < -0.39 is 57.4 Å². The van der Waals surface area contributed by atoms with Crippen molar-refractivity contribution in [1.82, 2.24) is 0 Å². The molecule has 0 amide bonds. The van der Waals surface area contributed by atoms with Crippen molar-refractivity contribution in [3.63, 3.8) is 0 Å². The number of rotatable bonds is 2. The van der Waals surface area contributed by atoms with Crippen LogP contribution in [0.5, 0.6) is 0 Å². The summed E-state index contributed by atoms with van der Waals surface area (Å²) < 4.78 is 75.7. The molecule has 0 aromatic carbocycles. The summed E-state index contributed by atoms with van der Waals surface area (Å²) in [6.45, 7) is 10.9. The van der Waals surface area contributed by atoms with Gasteiger partial charge in [-0.15, -0.1) is 0 Å². The van der Waals surface area contributed by atoms with E-state index in [1.165, 1.54) is 0 Å². The van der Waals surface area contributed by atoms with Gasteiger partial charge in [-0.2, -0.15) is 26.3 Å². The Balaban J connectivity index is 0.000000240. The molecule has 4 aliphatic carbocycles. The van der Waals surface area contributed by atoms with Gasteiger partial charge in [0.2, 0.25) is 0 Å². The number of hydrogen-bond acceptors (Lipinski definition) is 0. The van der Waals surface area contributed by atoms with E-state index in [-0.39, 0.29) is 40.5 Å². The molecule has 0 aromatic heterocycles. The Morgan fingerprint density at radius 3 is 1.09 bits per heavy atom. The summed E-state index contributed by atoms with van der Waals surface area (Å²) in [7, 11) is 0. The standard InChI is InChI=1S/2C12H15F3O2.Mn/c2*1-10(2)6-4-5-11(10,3)7(8(6)16)9(17)12(13,14)15;/h2*6-7H,4-5H2,1-3H3;/p+4. The second-order valence-electron chi connectivity index (χ2n) is 11.9. The Labute approximate surface area is 210 Å². The van der Waals surface area contributed by atoms with Crippen LogP contribution in [0.1, 0.15) is 67.2 Å². The van der Waals surface area contributed by atoms with E-state index >= 15 is 0 Å². The summed E-state index contributed by atoms with van der Waals surface area (Å²) in [5, 5.41) is 0. The monoisotopic (exact) mass is 555 g/mol. The predicted octanol–water partition coefficient (Wildman–Crippen LogP) is 5.42. The molecule has 6 atom stereocenters. The van der Waals surface area contributed by atoms with E-state index in [0.29, 0.717) is 25.7 Å². The van der Waals surface area contributed by atoms with Gasteiger partial charge in [0.15, 0.2) is 11.8 Å². The molecule has 1 radical (unpaired) electrons. The Bertz CT molecular complexity index is 877. The normalized spacial score (nSPS) is 38.6. The van der Waals surface area contributed by atoms with Crippen molar-refractivity contribution in [2.45, 2.75) is 79.6 Å². The van der Waals surface area contributed by atoms with Crippen molar-refractivity contribution < 1.29 is 62.6 Å². The van der Waals surface area contributed by atoms with Crippen LogP contribution in [0.25, 0.3) is 0 Å². The SMILES string of the molecule is CC1(C)C2CCC1(C)C(C(=[OH+])C(F)(F)F)C2=[OH+].CC1(C)C2CCC1(C)C(C(=[OH+])C(F)(F)F)C2=[OH+].[Mn]. The number of carbonyl (C=O) groups excluding carboxylic acids is 4. The van der Waals surface area contributed by atoms with E-state index in [0.717, 1.165) is 0 Å². The van der Waals surface area contributed by atoms with Crippen LogP contribution in [0.3, 0.4) is 0 Å². The Kier molecular flexibility index (Phi) is 7.20. The molecule has 199 valence electrons. The first-order chi connectivity index (χ1) is 15.1. The molecule has 4 fully saturated rings. The van der Waals surface area contributed by atoms with E-state index in [4.69, 9.17) is 0 Å². The molecule has 0 saturated heterocycles. The zero-order valence-electron chi connectivity index (χ0n) is 20.6. The average molecular weight is 555 g/mol. The first-order valence-corrected chi connectivity index (χ1v) is 11.4. The van der Waals surface area contributed by atoms with Crippen molar-refractivity contribution in [3.8, 4) is 0 Å². The van der Waals surface area contributed by atoms with Crippen LogP contribution in [0, 0.1) is 45.3 Å². The van der Waals surface area contributed by atoms with Gasteiger partial charge in [-0.3, -0.25) is 19.2 Å². The van der Waals surface area contributed by atoms with Crippen LogP contribution in [-0.4, -0.2) is 54.7 Å². The van der Waals surface area contributed by atoms with E-state index in [1.54, 1.807) is 13.8 Å². The maximum absolute atomic E-state index is 12.6. The maximum Gasteiger partial charge on any atom is 0.505 e. The Morgan fingerprint density at radius 2 is 0.914 bits per heavy atom. The molecule has 0 spiro atoms. The van der Waals surface area contributed by atoms with E-state index in [1.807, 2.05) is 27.7 Å². The third kappa shape index (κ3) is 3.94. The van der Waals surface area contributed by atoms with Crippen molar-refractivity contribution in [3.05, 3.63) is 0 Å². The number of alkyl halides is 6. The Hall–Kier alpha value is -1.22. The van der Waals surface area contributed by atoms with Gasteiger partial charge in [0.1, 0.15) is 0 Å². The van der Waals surface area contributed by atoms with Crippen LogP contribution in [-0.2, 0) is 17.1 Å². The third-order valence-corrected chi connectivity index (χ3v) is 10.3. The molecule has 0 heterocycles. The van der Waals surface area contributed by atoms with E-state index in [9.17, 15) is 45.5 Å². The Morgan fingerprint density at radius 1 is 0.657 bits per heavy atom. The van der Waals surface area contributed by atoms with Gasteiger partial charge >= 0.3 is 35.5 Å². The molecular formula is C24H34F6MnO4+4. The molecule has 11 heteroatoms. The van der Waals surface area contributed by atoms with Crippen LogP contribution in [0.4, 0.5) is 26.3 Å². The zero-order valence-corrected chi connectivity index (χ0v) is 21.8. The van der Waals surface area contributed by atoms with Crippen LogP contribution in [0.2, 0.25) is 0 Å². The van der Waals surface area contributed by atoms with Crippen molar-refractivity contribution in [1.29, 1.82) is 0 Å². The summed E-state index contributed by atoms with van der Waals surface area (Å²) in [5.41, 5.74) is -2.27. The van der Waals surface area contributed by atoms with Gasteiger partial charge in [-0.25, -0.2) is 0 Å². The number of halogens is 6. The first kappa shape index (κ1) is 30.0. The number of ketones is 4. The fourth-order valence-electron chi connectivity index (χ4n) is 7.38. The van der Waals surface area contributed by atoms with Crippen molar-refractivity contribution in [2.75, 3.05) is 0 Å². The van der Waals surface area contributed by atoms with Crippen LogP contribution in [0.15, 0.2) is 0 Å². The molecule has 0 aliphatic heterocycles. The summed E-state index contributed by atoms with van der Waals surface area (Å²) in [6.07, 6.45) is -6.95. The molecule has 35 heavy (non-hydrogen) atoms. The molecule has 0 aromatic rings. The topological polar surface area (TPSA) is 85.6 Å². The smallest absolute Gasteiger partial charge is 0.282 e. The molecule has 4 nitrogen and oxygen atoms in total. The number of hydrogen-bond donors (Lipinski definition) is 0. The van der Waals surface area contributed by atoms with Gasteiger partial charge in [0, 0.05) is 27.9 Å². The fraction of sp³-hybridized carbons (Fsp3) is 0.833. The second-order valence-corrected chi connectivity index (χ2v) is 11.9. The van der Waals surface area contributed by atoms with Crippen molar-refractivity contribution >= 4 is 23.1 Å². The molecular weight excluding hydrogens is 521 g/mol. The fourth-order valence-corrected chi connectivity index (χ4v) is 7.38. The van der Waals surface area contributed by atoms with Gasteiger partial charge < -0.3 is 0 Å². The largest absolute Gasteiger partial charge is 0.505 e. The van der Waals surface area contributed by atoms with Gasteiger partial charge in [0.25, 0.3) is 0 Å². The van der Waals surface area contributed by atoms with E-state index in [2.05, 4.69) is 0 Å². The number of fused-ring (bicyclic) bond motifs is 4. The van der Waals surface area contributed by atoms with Crippen LogP contribution >= 0.6 is 0 Å². The minimum atomic E-state index is -4.76. The molecule has 4 aliphatic rings. The van der Waals surface area contributed by atoms with Crippen molar-refractivity contribution in [2.24, 2.45) is 45.3 Å². The third-order valence-electron chi connectivity index (χ3n) is 10.3. The van der Waals surface area contributed by atoms with Crippen LogP contribution < -0.4 is 0 Å². The van der Waals surface area contributed by atoms with Gasteiger partial charge in [-0.1, -0.05) is 41.5 Å². The summed E-state index contributed by atoms with van der Waals surface area (Å²) >= 11 is 0. The molecule has 4 saturated carbocycles. The minimum Gasteiger partial charge on any atom is -0.282 e. The quantitative estimate of drug-likeness (QED) is 0.189. The molecule has 4 rings (SSSR count). The summed E-state index contributed by atoms with van der Waals surface area (Å²) in [4.78, 5) is 38.7. The minimum absolute atomic E-state index is 0. The summed E-state index contributed by atoms with van der Waals surface area (Å²) in [5.74, 6) is -6.52. The van der Waals surface area contributed by atoms with Gasteiger partial charge in [0.05, 0.1) is 11.8 Å². The first-order valence-electron chi connectivity index (χ1n) is 11.4. The molecule has 6 unspecified atom stereocenters. The van der Waals surface area contributed by atoms with Gasteiger partial charge in [-0.05, 0) is 36.5 Å². The second kappa shape index (κ2) is 8.40. The average Bonchev–Trinajstić information content (AvgIpc) is 3.14. The molecule has 4 N–H and O–H groups in total. The predicted molar refractivity (Wildman–Crippen MR) is 116 cm³/mol. The zero-order chi connectivity index (χ0) is 26.4.